The van der Waals surface area contributed by atoms with Crippen LogP contribution >= 0.6 is 0 Å². The standard InChI is InChI=1S/5C6H14.C5H10O3.C5H12O.CH4/c5*1-4-6(3)5-2;1-2-4(6)3-5(7)8;1-3-5(6)4-2;/h5*6H,4-5H2,1-3H3;4,6H,2-3H2,1H3,(H,7,8);5-6H,3-4H2,1-2H3;1H4. The van der Waals surface area contributed by atoms with Crippen LogP contribution in [-0.4, -0.2) is 33.5 Å². The molecular weight excluding hydrogens is 556 g/mol. The zero-order chi connectivity index (χ0) is 36.5. The van der Waals surface area contributed by atoms with Crippen molar-refractivity contribution in [2.24, 2.45) is 29.6 Å². The number of aliphatic hydroxyl groups excluding tert-OH is 2. The zero-order valence-corrected chi connectivity index (χ0v) is 34.2. The third kappa shape index (κ3) is 86.1. The number of hydrogen-bond donors (Lipinski definition) is 3. The summed E-state index contributed by atoms with van der Waals surface area (Å²) < 4.78 is 0. The molecule has 0 saturated carbocycles. The first-order chi connectivity index (χ1) is 20.5. The van der Waals surface area contributed by atoms with E-state index in [-0.39, 0.29) is 20.0 Å². The van der Waals surface area contributed by atoms with Crippen molar-refractivity contribution in [2.75, 3.05) is 0 Å². The van der Waals surface area contributed by atoms with Gasteiger partial charge in [0.1, 0.15) is 0 Å². The number of aliphatic carboxylic acids is 1. The molecule has 0 aliphatic heterocycles. The Balaban J connectivity index is -0.0000000591. The monoisotopic (exact) mass is 653 g/mol. The molecule has 284 valence electrons. The van der Waals surface area contributed by atoms with Crippen molar-refractivity contribution in [1.29, 1.82) is 0 Å². The Morgan fingerprint density at radius 1 is 0.378 bits per heavy atom. The molecule has 0 radical (unpaired) electrons. The summed E-state index contributed by atoms with van der Waals surface area (Å²) in [4.78, 5) is 9.81. The van der Waals surface area contributed by atoms with Crippen LogP contribution in [0.4, 0.5) is 0 Å². The van der Waals surface area contributed by atoms with Gasteiger partial charge in [0, 0.05) is 0 Å². The minimum Gasteiger partial charge on any atom is -0.481 e. The van der Waals surface area contributed by atoms with E-state index in [9.17, 15) is 4.79 Å². The van der Waals surface area contributed by atoms with E-state index in [4.69, 9.17) is 15.3 Å². The molecule has 1 atom stereocenters. The molecule has 0 bridgehead atoms. The predicted octanol–water partition coefficient (Wildman–Crippen LogP) is 14.2. The molecule has 0 rings (SSSR count). The normalized spacial score (nSPS) is 10.4. The lowest BCUT2D eigenvalue weighted by atomic mass is 10.1. The van der Waals surface area contributed by atoms with Crippen LogP contribution in [0.25, 0.3) is 0 Å². The van der Waals surface area contributed by atoms with Crippen LogP contribution in [0.15, 0.2) is 0 Å². The van der Waals surface area contributed by atoms with Gasteiger partial charge in [-0.15, -0.1) is 0 Å². The number of carbonyl (C=O) groups is 1. The van der Waals surface area contributed by atoms with Gasteiger partial charge in [-0.2, -0.15) is 0 Å². The number of hydrogen-bond acceptors (Lipinski definition) is 3. The Bertz CT molecular complexity index is 353. The summed E-state index contributed by atoms with van der Waals surface area (Å²) in [5.41, 5.74) is 0. The van der Waals surface area contributed by atoms with Gasteiger partial charge in [-0.05, 0) is 48.9 Å². The molecule has 0 aromatic rings. The van der Waals surface area contributed by atoms with Crippen molar-refractivity contribution < 1.29 is 20.1 Å². The van der Waals surface area contributed by atoms with Crippen molar-refractivity contribution in [3.63, 3.8) is 0 Å². The molecule has 0 aliphatic carbocycles. The molecule has 0 saturated heterocycles. The van der Waals surface area contributed by atoms with E-state index in [1.54, 1.807) is 6.92 Å². The topological polar surface area (TPSA) is 77.8 Å². The second-order valence-corrected chi connectivity index (χ2v) is 12.7. The third-order valence-corrected chi connectivity index (χ3v) is 8.79. The number of rotatable bonds is 15. The summed E-state index contributed by atoms with van der Waals surface area (Å²) in [7, 11) is 0. The summed E-state index contributed by atoms with van der Waals surface area (Å²) in [5.74, 6) is 3.73. The fourth-order valence-electron chi connectivity index (χ4n) is 2.08. The van der Waals surface area contributed by atoms with Gasteiger partial charge in [0.05, 0.1) is 18.6 Å². The summed E-state index contributed by atoms with van der Waals surface area (Å²) in [6, 6.07) is 0. The second kappa shape index (κ2) is 55.8. The Labute approximate surface area is 289 Å². The van der Waals surface area contributed by atoms with E-state index >= 15 is 0 Å². The summed E-state index contributed by atoms with van der Waals surface area (Å²) in [6.45, 7) is 39.4. The van der Waals surface area contributed by atoms with Crippen LogP contribution in [0.5, 0.6) is 0 Å². The molecule has 0 amide bonds. The molecule has 0 aromatic heterocycles. The molecule has 0 aromatic carbocycles. The lowest BCUT2D eigenvalue weighted by Crippen LogP contribution is -2.10. The first-order valence-corrected chi connectivity index (χ1v) is 19.1. The van der Waals surface area contributed by atoms with Crippen LogP contribution in [0.1, 0.15) is 222 Å². The van der Waals surface area contributed by atoms with Crippen molar-refractivity contribution in [3.8, 4) is 0 Å². The maximum atomic E-state index is 9.81. The highest BCUT2D eigenvalue weighted by molar-refractivity contribution is 5.67. The largest absolute Gasteiger partial charge is 0.481 e. The van der Waals surface area contributed by atoms with Crippen molar-refractivity contribution in [1.82, 2.24) is 0 Å². The van der Waals surface area contributed by atoms with Gasteiger partial charge in [0.2, 0.25) is 0 Å². The summed E-state index contributed by atoms with van der Waals surface area (Å²) in [5, 5.41) is 25.4. The van der Waals surface area contributed by atoms with Gasteiger partial charge in [-0.25, -0.2) is 0 Å². The molecule has 4 heteroatoms. The first kappa shape index (κ1) is 63.1. The number of carboxylic acids is 1. The van der Waals surface area contributed by atoms with Crippen molar-refractivity contribution in [2.45, 2.75) is 234 Å². The molecule has 45 heavy (non-hydrogen) atoms. The fraction of sp³-hybridized carbons (Fsp3) is 0.976. The molecule has 0 aliphatic rings. The molecule has 0 heterocycles. The van der Waals surface area contributed by atoms with Gasteiger partial charge in [-0.3, -0.25) is 4.79 Å². The van der Waals surface area contributed by atoms with Crippen LogP contribution in [-0.2, 0) is 4.79 Å². The van der Waals surface area contributed by atoms with E-state index in [0.29, 0.717) is 6.42 Å². The Morgan fingerprint density at radius 2 is 0.533 bits per heavy atom. The van der Waals surface area contributed by atoms with Crippen molar-refractivity contribution >= 4 is 5.97 Å². The Kier molecular flexibility index (Phi) is 78.2. The predicted molar refractivity (Wildman–Crippen MR) is 211 cm³/mol. The van der Waals surface area contributed by atoms with Crippen LogP contribution in [0, 0.1) is 29.6 Å². The first-order valence-electron chi connectivity index (χ1n) is 19.1. The second-order valence-electron chi connectivity index (χ2n) is 12.7. The quantitative estimate of drug-likeness (QED) is 0.164. The van der Waals surface area contributed by atoms with Gasteiger partial charge >= 0.3 is 5.97 Å². The Hall–Kier alpha value is -0.610. The van der Waals surface area contributed by atoms with Gasteiger partial charge in [-0.1, -0.05) is 196 Å². The molecule has 1 unspecified atom stereocenters. The number of aliphatic hydroxyl groups is 2. The Morgan fingerprint density at radius 3 is 0.556 bits per heavy atom. The molecule has 3 N–H and O–H groups in total. The maximum absolute atomic E-state index is 9.81. The number of carboxylic acid groups (broad SMARTS) is 1. The van der Waals surface area contributed by atoms with Gasteiger partial charge < -0.3 is 15.3 Å². The highest BCUT2D eigenvalue weighted by Crippen LogP contribution is 2.05. The summed E-state index contributed by atoms with van der Waals surface area (Å²) in [6.07, 6.45) is 14.7. The minimum atomic E-state index is -0.945. The van der Waals surface area contributed by atoms with E-state index in [2.05, 4.69) is 104 Å². The van der Waals surface area contributed by atoms with Crippen LogP contribution in [0.3, 0.4) is 0 Å². The highest BCUT2D eigenvalue weighted by atomic mass is 16.4. The van der Waals surface area contributed by atoms with Crippen molar-refractivity contribution in [3.05, 3.63) is 0 Å². The molecular formula is C41H96O4. The molecule has 0 fully saturated rings. The third-order valence-electron chi connectivity index (χ3n) is 8.79. The minimum absolute atomic E-state index is 0. The van der Waals surface area contributed by atoms with E-state index in [1.165, 1.54) is 64.2 Å². The zero-order valence-electron chi connectivity index (χ0n) is 34.2. The lowest BCUT2D eigenvalue weighted by molar-refractivity contribution is -0.139. The smallest absolute Gasteiger partial charge is 0.305 e. The van der Waals surface area contributed by atoms with Gasteiger partial charge in [0.15, 0.2) is 0 Å². The maximum Gasteiger partial charge on any atom is 0.305 e. The lowest BCUT2D eigenvalue weighted by Gasteiger charge is -2.00. The summed E-state index contributed by atoms with van der Waals surface area (Å²) >= 11 is 0. The fourth-order valence-corrected chi connectivity index (χ4v) is 2.08. The average Bonchev–Trinajstić information content (AvgIpc) is 3.06. The molecule has 0 spiro atoms. The molecule has 4 nitrogen and oxygen atoms in total. The van der Waals surface area contributed by atoms with Crippen LogP contribution in [0.2, 0.25) is 0 Å². The van der Waals surface area contributed by atoms with E-state index in [1.807, 2.05) is 13.8 Å². The highest BCUT2D eigenvalue weighted by Gasteiger charge is 2.04. The van der Waals surface area contributed by atoms with Gasteiger partial charge in [0.25, 0.3) is 0 Å². The van der Waals surface area contributed by atoms with E-state index in [0.717, 1.165) is 42.4 Å². The SMILES string of the molecule is C.CCC(C)CC.CCC(C)CC.CCC(C)CC.CCC(C)CC.CCC(C)CC.CCC(O)CC.CCC(O)CC(=O)O. The average molecular weight is 653 g/mol. The van der Waals surface area contributed by atoms with E-state index < -0.39 is 12.1 Å². The van der Waals surface area contributed by atoms with Crippen LogP contribution < -0.4 is 0 Å².